The Morgan fingerprint density at radius 2 is 1.94 bits per heavy atom. The van der Waals surface area contributed by atoms with Gasteiger partial charge in [0.2, 0.25) is 0 Å². The molecule has 0 atom stereocenters. The third-order valence-electron chi connectivity index (χ3n) is 6.71. The Bertz CT molecular complexity index is 1250. The molecule has 33 heavy (non-hydrogen) atoms. The van der Waals surface area contributed by atoms with Crippen LogP contribution in [0.5, 0.6) is 0 Å². The summed E-state index contributed by atoms with van der Waals surface area (Å²) >= 11 is 6.54. The number of piperidine rings is 1. The van der Waals surface area contributed by atoms with Gasteiger partial charge in [0.25, 0.3) is 6.72 Å². The van der Waals surface area contributed by atoms with Gasteiger partial charge in [0.1, 0.15) is 10.8 Å². The highest BCUT2D eigenvalue weighted by atomic mass is 35.5. The Kier molecular flexibility index (Phi) is 5.69. The molecule has 1 N–H and O–H groups in total. The van der Waals surface area contributed by atoms with E-state index < -0.39 is 0 Å². The largest absolute Gasteiger partial charge is 0.341 e. The lowest BCUT2D eigenvalue weighted by atomic mass is 9.65. The first kappa shape index (κ1) is 21.4. The van der Waals surface area contributed by atoms with Crippen LogP contribution < -0.4 is 4.90 Å². The predicted molar refractivity (Wildman–Crippen MR) is 128 cm³/mol. The standard InChI is InChI=1S/C24H24ClN8/c1-3-11-32-13-9-24(10-14-32)19-15-17(25)4-6-21(19)33(12-8-23-28-30-31-29-23)22-7-5-18(27-26-2)16-20(22)24/h1,4-7,15-16H,2,8-14H2,(H,28,29,30,31)/q+1. The molecule has 0 bridgehead atoms. The number of hydrogen-bond acceptors (Lipinski definition) is 6. The van der Waals surface area contributed by atoms with Gasteiger partial charge in [-0.3, -0.25) is 4.90 Å². The first-order chi connectivity index (χ1) is 16.1. The Balaban J connectivity index is 1.64. The molecule has 3 heterocycles. The molecule has 0 saturated carbocycles. The monoisotopic (exact) mass is 459 g/mol. The lowest BCUT2D eigenvalue weighted by Crippen LogP contribution is -2.46. The molecular formula is C24H24ClN8+. The van der Waals surface area contributed by atoms with Crippen LogP contribution in [-0.2, 0) is 11.8 Å². The Morgan fingerprint density at radius 1 is 1.18 bits per heavy atom. The molecule has 3 aromatic rings. The van der Waals surface area contributed by atoms with Gasteiger partial charge in [-0.25, -0.2) is 0 Å². The van der Waals surface area contributed by atoms with Crippen molar-refractivity contribution in [1.29, 1.82) is 0 Å². The number of hydrogen-bond donors (Lipinski definition) is 1. The van der Waals surface area contributed by atoms with E-state index >= 15 is 0 Å². The molecule has 0 radical (unpaired) electrons. The van der Waals surface area contributed by atoms with Crippen LogP contribution in [0.3, 0.4) is 0 Å². The van der Waals surface area contributed by atoms with E-state index in [1.54, 1.807) is 0 Å². The topological polar surface area (TPSA) is 87.4 Å². The van der Waals surface area contributed by atoms with Gasteiger partial charge in [-0.15, -0.1) is 16.6 Å². The third kappa shape index (κ3) is 3.81. The van der Waals surface area contributed by atoms with Gasteiger partial charge in [0.05, 0.1) is 6.54 Å². The summed E-state index contributed by atoms with van der Waals surface area (Å²) in [6.07, 6.45) is 8.13. The zero-order valence-corrected chi connectivity index (χ0v) is 19.0. The molecule has 0 aliphatic carbocycles. The van der Waals surface area contributed by atoms with E-state index in [1.807, 2.05) is 12.1 Å². The number of tetrazole rings is 1. The van der Waals surface area contributed by atoms with Crippen molar-refractivity contribution >= 4 is 35.4 Å². The van der Waals surface area contributed by atoms with E-state index in [0.717, 1.165) is 48.0 Å². The number of halogens is 1. The normalized spacial score (nSPS) is 16.5. The average Bonchev–Trinajstić information content (AvgIpc) is 3.35. The molecule has 166 valence electrons. The second-order valence-electron chi connectivity index (χ2n) is 8.40. The van der Waals surface area contributed by atoms with Gasteiger partial charge in [0.15, 0.2) is 5.82 Å². The molecule has 0 amide bonds. The molecule has 5 rings (SSSR count). The van der Waals surface area contributed by atoms with Crippen LogP contribution in [0.1, 0.15) is 29.8 Å². The second kappa shape index (κ2) is 8.80. The molecule has 1 spiro atoms. The minimum atomic E-state index is -0.185. The number of fused-ring (bicyclic) bond motifs is 4. The fraction of sp³-hybridized carbons (Fsp3) is 0.333. The first-order valence-corrected chi connectivity index (χ1v) is 11.3. The fourth-order valence-electron chi connectivity index (χ4n) is 5.19. The number of H-pyrrole nitrogens is 1. The maximum Gasteiger partial charge on any atom is 0.296 e. The number of likely N-dealkylation sites (tertiary alicyclic amines) is 1. The lowest BCUT2D eigenvalue weighted by Gasteiger charge is -2.49. The fourth-order valence-corrected chi connectivity index (χ4v) is 5.36. The number of terminal acetylenes is 1. The number of anilines is 2. The smallest absolute Gasteiger partial charge is 0.296 e. The number of rotatable bonds is 5. The van der Waals surface area contributed by atoms with Crippen LogP contribution in [0.4, 0.5) is 17.1 Å². The van der Waals surface area contributed by atoms with Crippen LogP contribution in [0, 0.1) is 12.3 Å². The summed E-state index contributed by atoms with van der Waals surface area (Å²) < 4.78 is 0. The Labute approximate surface area is 197 Å². The zero-order chi connectivity index (χ0) is 22.8. The summed E-state index contributed by atoms with van der Waals surface area (Å²) in [6, 6.07) is 12.5. The molecule has 1 aromatic heterocycles. The maximum absolute atomic E-state index is 6.54. The summed E-state index contributed by atoms with van der Waals surface area (Å²) in [5, 5.41) is 19.4. The van der Waals surface area contributed by atoms with Gasteiger partial charge >= 0.3 is 0 Å². The summed E-state index contributed by atoms with van der Waals surface area (Å²) in [6.45, 7) is 6.73. The van der Waals surface area contributed by atoms with E-state index in [-0.39, 0.29) is 5.41 Å². The average molecular weight is 460 g/mol. The van der Waals surface area contributed by atoms with Gasteiger partial charge in [-0.1, -0.05) is 22.7 Å². The minimum Gasteiger partial charge on any atom is -0.341 e. The summed E-state index contributed by atoms with van der Waals surface area (Å²) in [5.41, 5.74) is 5.39. The van der Waals surface area contributed by atoms with Crippen LogP contribution in [0.15, 0.2) is 41.5 Å². The van der Waals surface area contributed by atoms with E-state index in [9.17, 15) is 0 Å². The van der Waals surface area contributed by atoms with Crippen molar-refractivity contribution in [3.05, 3.63) is 58.4 Å². The van der Waals surface area contributed by atoms with Crippen molar-refractivity contribution < 1.29 is 4.79 Å². The molecule has 8 nitrogen and oxygen atoms in total. The molecule has 1 saturated heterocycles. The maximum atomic E-state index is 6.54. The van der Waals surface area contributed by atoms with Crippen LogP contribution in [-0.4, -0.2) is 63.2 Å². The molecule has 9 heteroatoms. The van der Waals surface area contributed by atoms with Crippen LogP contribution in [0.25, 0.3) is 0 Å². The molecule has 2 aromatic carbocycles. The zero-order valence-electron chi connectivity index (χ0n) is 18.2. The molecule has 0 unspecified atom stereocenters. The van der Waals surface area contributed by atoms with E-state index in [4.69, 9.17) is 18.0 Å². The van der Waals surface area contributed by atoms with Gasteiger partial charge in [-0.05, 0) is 60.4 Å². The highest BCUT2D eigenvalue weighted by Gasteiger charge is 2.45. The lowest BCUT2D eigenvalue weighted by molar-refractivity contribution is -0.0631. The summed E-state index contributed by atoms with van der Waals surface area (Å²) in [7, 11) is 0. The van der Waals surface area contributed by atoms with E-state index in [1.165, 1.54) is 11.1 Å². The van der Waals surface area contributed by atoms with Crippen molar-refractivity contribution in [1.82, 2.24) is 25.5 Å². The number of aromatic nitrogens is 4. The Hall–Kier alpha value is -3.50. The number of nitrogens with zero attached hydrogens (tertiary/aromatic N) is 7. The van der Waals surface area contributed by atoms with Crippen molar-refractivity contribution in [3.8, 4) is 12.3 Å². The summed E-state index contributed by atoms with van der Waals surface area (Å²) in [4.78, 5) is 8.41. The predicted octanol–water partition coefficient (Wildman–Crippen LogP) is 3.55. The van der Waals surface area contributed by atoms with Crippen molar-refractivity contribution in [2.45, 2.75) is 24.7 Å². The highest BCUT2D eigenvalue weighted by molar-refractivity contribution is 6.30. The number of aromatic amines is 1. The quantitative estimate of drug-likeness (QED) is 0.273. The molecule has 2 aliphatic rings. The second-order valence-corrected chi connectivity index (χ2v) is 8.83. The van der Waals surface area contributed by atoms with Crippen LogP contribution in [0.2, 0.25) is 5.02 Å². The SMILES string of the molecule is C#CCN1CCC2(CC1)c1cc(Cl)ccc1N(CCc1nn[nH]n1)c1ccc(N=[N+]=C)cc12. The number of benzene rings is 2. The summed E-state index contributed by atoms with van der Waals surface area (Å²) in [5.74, 6) is 3.46. The van der Waals surface area contributed by atoms with E-state index in [2.05, 4.69) is 77.2 Å². The molecule has 1 fully saturated rings. The van der Waals surface area contributed by atoms with Crippen LogP contribution >= 0.6 is 11.6 Å². The number of nitrogens with one attached hydrogen (secondary N) is 1. The van der Waals surface area contributed by atoms with Crippen molar-refractivity contribution in [2.24, 2.45) is 5.11 Å². The Morgan fingerprint density at radius 3 is 2.64 bits per heavy atom. The van der Waals surface area contributed by atoms with Gasteiger partial charge < -0.3 is 4.90 Å². The first-order valence-electron chi connectivity index (χ1n) is 10.9. The van der Waals surface area contributed by atoms with Crippen molar-refractivity contribution in [3.63, 3.8) is 0 Å². The van der Waals surface area contributed by atoms with Crippen molar-refractivity contribution in [2.75, 3.05) is 31.1 Å². The van der Waals surface area contributed by atoms with Gasteiger partial charge in [0, 0.05) is 52.7 Å². The molecular weight excluding hydrogens is 436 g/mol. The highest BCUT2D eigenvalue weighted by Crippen LogP contribution is 2.55. The third-order valence-corrected chi connectivity index (χ3v) is 6.95. The molecule has 2 aliphatic heterocycles. The van der Waals surface area contributed by atoms with Gasteiger partial charge in [-0.2, -0.15) is 5.21 Å². The minimum absolute atomic E-state index is 0.185. The van der Waals surface area contributed by atoms with E-state index in [0.29, 0.717) is 25.3 Å².